The molecule has 54 valence electrons. The van der Waals surface area contributed by atoms with Gasteiger partial charge in [-0.2, -0.15) is 5.06 Å². The lowest BCUT2D eigenvalue weighted by molar-refractivity contribution is -0.348. The lowest BCUT2D eigenvalue weighted by atomic mass is 10.2. The van der Waals surface area contributed by atoms with Crippen LogP contribution in [0, 0.1) is 0 Å². The summed E-state index contributed by atoms with van der Waals surface area (Å²) in [7, 11) is 0. The molecule has 0 saturated carbocycles. The van der Waals surface area contributed by atoms with Gasteiger partial charge in [0, 0.05) is 13.1 Å². The van der Waals surface area contributed by atoms with Gasteiger partial charge in [0.15, 0.2) is 23.0 Å². The highest BCUT2D eigenvalue weighted by Crippen LogP contribution is 2.09. The lowest BCUT2D eigenvalue weighted by Crippen LogP contribution is -2.28. The maximum absolute atomic E-state index is 4.80. The van der Waals surface area contributed by atoms with Gasteiger partial charge in [0.25, 0.3) is 0 Å². The Kier molecular flexibility index (Phi) is 3.80. The van der Waals surface area contributed by atoms with E-state index in [1.54, 1.807) is 23.0 Å². The third-order valence-electron chi connectivity index (χ3n) is 1.45. The maximum atomic E-state index is 4.80. The van der Waals surface area contributed by atoms with Gasteiger partial charge in [-0.3, -0.25) is 0 Å². The summed E-state index contributed by atoms with van der Waals surface area (Å²) in [6.07, 6.45) is 3.76. The molecule has 0 bridgehead atoms. The predicted octanol–water partition coefficient (Wildman–Crippen LogP) is 1.69. The SMILES string of the molecule is IOON1CCCCC1. The summed E-state index contributed by atoms with van der Waals surface area (Å²) >= 11 is 1.73. The second-order valence-electron chi connectivity index (χ2n) is 2.13. The average Bonchev–Trinajstić information content (AvgIpc) is 1.91. The van der Waals surface area contributed by atoms with Gasteiger partial charge in [0.2, 0.25) is 0 Å². The van der Waals surface area contributed by atoms with Gasteiger partial charge in [-0.05, 0) is 12.8 Å². The summed E-state index contributed by atoms with van der Waals surface area (Å²) in [5.41, 5.74) is 0. The smallest absolute Gasteiger partial charge is 0.156 e. The third-order valence-corrected chi connectivity index (χ3v) is 1.61. The molecule has 1 fully saturated rings. The first-order valence-corrected chi connectivity index (χ1v) is 4.02. The van der Waals surface area contributed by atoms with Gasteiger partial charge in [-0.25, -0.2) is 0 Å². The number of rotatable bonds is 2. The molecule has 0 unspecified atom stereocenters. The average molecular weight is 243 g/mol. The van der Waals surface area contributed by atoms with Crippen LogP contribution in [0.1, 0.15) is 19.3 Å². The van der Waals surface area contributed by atoms with E-state index in [1.165, 1.54) is 19.3 Å². The molecule has 0 radical (unpaired) electrons. The number of hydrogen-bond donors (Lipinski definition) is 0. The minimum Gasteiger partial charge on any atom is -0.156 e. The van der Waals surface area contributed by atoms with Crippen LogP contribution in [-0.4, -0.2) is 18.2 Å². The topological polar surface area (TPSA) is 21.7 Å². The molecule has 1 saturated heterocycles. The van der Waals surface area contributed by atoms with E-state index < -0.39 is 0 Å². The fraction of sp³-hybridized carbons (Fsp3) is 1.00. The Labute approximate surface area is 68.9 Å². The number of nitrogens with zero attached hydrogens (tertiary/aromatic N) is 1. The predicted molar refractivity (Wildman–Crippen MR) is 41.6 cm³/mol. The molecular weight excluding hydrogens is 233 g/mol. The molecule has 0 aromatic rings. The lowest BCUT2D eigenvalue weighted by Gasteiger charge is -2.21. The fourth-order valence-electron chi connectivity index (χ4n) is 0.979. The summed E-state index contributed by atoms with van der Waals surface area (Å²) in [6.45, 7) is 2.01. The molecule has 0 aromatic heterocycles. The monoisotopic (exact) mass is 243 g/mol. The summed E-state index contributed by atoms with van der Waals surface area (Å²) < 4.78 is 4.48. The first-order chi connectivity index (χ1) is 4.43. The molecule has 1 aliphatic rings. The molecule has 0 aliphatic carbocycles. The zero-order chi connectivity index (χ0) is 6.53. The normalized spacial score (nSPS) is 22.3. The van der Waals surface area contributed by atoms with Crippen LogP contribution in [0.4, 0.5) is 0 Å². The van der Waals surface area contributed by atoms with E-state index in [-0.39, 0.29) is 0 Å². The summed E-state index contributed by atoms with van der Waals surface area (Å²) in [6, 6.07) is 0. The van der Waals surface area contributed by atoms with Gasteiger partial charge in [0.1, 0.15) is 0 Å². The van der Waals surface area contributed by atoms with Gasteiger partial charge in [0.05, 0.1) is 0 Å². The quantitative estimate of drug-likeness (QED) is 0.418. The molecule has 0 amide bonds. The minimum absolute atomic E-state index is 1.00. The largest absolute Gasteiger partial charge is 0.157 e. The van der Waals surface area contributed by atoms with E-state index in [2.05, 4.69) is 3.22 Å². The Morgan fingerprint density at radius 3 is 2.33 bits per heavy atom. The highest BCUT2D eigenvalue weighted by molar-refractivity contribution is 14.1. The summed E-state index contributed by atoms with van der Waals surface area (Å²) in [4.78, 5) is 4.80. The molecule has 1 heterocycles. The molecule has 0 N–H and O–H groups in total. The molecule has 0 spiro atoms. The number of hydrogen-bond acceptors (Lipinski definition) is 3. The van der Waals surface area contributed by atoms with Gasteiger partial charge in [-0.1, -0.05) is 6.42 Å². The van der Waals surface area contributed by atoms with Crippen molar-refractivity contribution >= 4 is 23.0 Å². The third kappa shape index (κ3) is 2.79. The minimum atomic E-state index is 1.00. The van der Waals surface area contributed by atoms with Crippen molar-refractivity contribution < 1.29 is 8.21 Å². The molecule has 9 heavy (non-hydrogen) atoms. The van der Waals surface area contributed by atoms with Crippen LogP contribution in [0.2, 0.25) is 0 Å². The summed E-state index contributed by atoms with van der Waals surface area (Å²) in [5.74, 6) is 0. The van der Waals surface area contributed by atoms with Gasteiger partial charge in [-0.15, -0.1) is 8.21 Å². The first kappa shape index (κ1) is 7.71. The van der Waals surface area contributed by atoms with Crippen LogP contribution < -0.4 is 0 Å². The number of piperidine rings is 1. The second kappa shape index (κ2) is 4.43. The molecule has 0 aromatic carbocycles. The van der Waals surface area contributed by atoms with E-state index in [9.17, 15) is 0 Å². The zero-order valence-electron chi connectivity index (χ0n) is 5.18. The Morgan fingerprint density at radius 1 is 1.11 bits per heavy atom. The maximum Gasteiger partial charge on any atom is 0.157 e. The Hall–Kier alpha value is 0.610. The van der Waals surface area contributed by atoms with E-state index in [4.69, 9.17) is 4.99 Å². The molecular formula is C5H10INO2. The van der Waals surface area contributed by atoms with Crippen LogP contribution in [0.25, 0.3) is 0 Å². The molecule has 4 heteroatoms. The molecule has 1 aliphatic heterocycles. The van der Waals surface area contributed by atoms with E-state index in [0.29, 0.717) is 0 Å². The molecule has 0 atom stereocenters. The van der Waals surface area contributed by atoms with Gasteiger partial charge >= 0.3 is 0 Å². The Morgan fingerprint density at radius 2 is 1.78 bits per heavy atom. The van der Waals surface area contributed by atoms with Crippen molar-refractivity contribution in [2.45, 2.75) is 19.3 Å². The first-order valence-electron chi connectivity index (χ1n) is 3.14. The number of hydroxylamine groups is 2. The van der Waals surface area contributed by atoms with Crippen LogP contribution in [0.5, 0.6) is 0 Å². The van der Waals surface area contributed by atoms with Crippen molar-refractivity contribution in [2.24, 2.45) is 0 Å². The van der Waals surface area contributed by atoms with Crippen LogP contribution in [0.15, 0.2) is 0 Å². The molecule has 3 nitrogen and oxygen atoms in total. The van der Waals surface area contributed by atoms with Crippen LogP contribution >= 0.6 is 23.0 Å². The Bertz CT molecular complexity index is 72.6. The zero-order valence-corrected chi connectivity index (χ0v) is 7.33. The van der Waals surface area contributed by atoms with E-state index in [1.807, 2.05) is 5.06 Å². The van der Waals surface area contributed by atoms with Crippen molar-refractivity contribution in [3.63, 3.8) is 0 Å². The molecule has 1 rings (SSSR count). The van der Waals surface area contributed by atoms with Crippen molar-refractivity contribution in [3.8, 4) is 0 Å². The van der Waals surface area contributed by atoms with Crippen molar-refractivity contribution in [3.05, 3.63) is 0 Å². The van der Waals surface area contributed by atoms with Crippen LogP contribution in [-0.2, 0) is 8.21 Å². The number of halogens is 1. The van der Waals surface area contributed by atoms with Crippen molar-refractivity contribution in [1.29, 1.82) is 0 Å². The summed E-state index contributed by atoms with van der Waals surface area (Å²) in [5, 5.41) is 1.84. The van der Waals surface area contributed by atoms with Crippen molar-refractivity contribution in [2.75, 3.05) is 13.1 Å². The standard InChI is InChI=1S/C5H10INO2/c6-8-9-7-4-2-1-3-5-7/h1-5H2. The van der Waals surface area contributed by atoms with Gasteiger partial charge < -0.3 is 0 Å². The van der Waals surface area contributed by atoms with Crippen LogP contribution in [0.3, 0.4) is 0 Å². The van der Waals surface area contributed by atoms with E-state index in [0.717, 1.165) is 13.1 Å². The second-order valence-corrected chi connectivity index (χ2v) is 2.49. The van der Waals surface area contributed by atoms with Crippen molar-refractivity contribution in [1.82, 2.24) is 5.06 Å². The highest BCUT2D eigenvalue weighted by Gasteiger charge is 2.09. The fourth-order valence-corrected chi connectivity index (χ4v) is 1.21. The highest BCUT2D eigenvalue weighted by atomic mass is 127. The van der Waals surface area contributed by atoms with E-state index >= 15 is 0 Å². The Balaban J connectivity index is 2.08.